The van der Waals surface area contributed by atoms with Gasteiger partial charge in [-0.15, -0.1) is 6.58 Å². The van der Waals surface area contributed by atoms with E-state index in [1.54, 1.807) is 0 Å². The molecular formula is C11H19NO. The standard InChI is InChI=1S/C11H19NO/c1-4-10-5-7-12(8-6-10)11(13)9(2)3/h4,9-10H,1,5-8H2,2-3H3. The van der Waals surface area contributed by atoms with Gasteiger partial charge in [-0.3, -0.25) is 4.79 Å². The number of carbonyl (C=O) groups excluding carboxylic acids is 1. The van der Waals surface area contributed by atoms with Gasteiger partial charge in [-0.1, -0.05) is 19.9 Å². The zero-order valence-corrected chi connectivity index (χ0v) is 8.62. The normalized spacial score (nSPS) is 19.2. The summed E-state index contributed by atoms with van der Waals surface area (Å²) in [6, 6.07) is 0. The van der Waals surface area contributed by atoms with Gasteiger partial charge >= 0.3 is 0 Å². The Kier molecular flexibility index (Phi) is 3.52. The smallest absolute Gasteiger partial charge is 0.225 e. The highest BCUT2D eigenvalue weighted by atomic mass is 16.2. The maximum atomic E-state index is 11.6. The summed E-state index contributed by atoms with van der Waals surface area (Å²) in [7, 11) is 0. The van der Waals surface area contributed by atoms with Gasteiger partial charge in [0.15, 0.2) is 0 Å². The van der Waals surface area contributed by atoms with Crippen LogP contribution in [-0.2, 0) is 4.79 Å². The van der Waals surface area contributed by atoms with E-state index in [2.05, 4.69) is 6.58 Å². The lowest BCUT2D eigenvalue weighted by atomic mass is 9.96. The minimum atomic E-state index is 0.139. The molecule has 0 aliphatic carbocycles. The van der Waals surface area contributed by atoms with Gasteiger partial charge in [0.1, 0.15) is 0 Å². The highest BCUT2D eigenvalue weighted by Gasteiger charge is 2.22. The van der Waals surface area contributed by atoms with Gasteiger partial charge < -0.3 is 4.90 Å². The Balaban J connectivity index is 2.40. The number of hydrogen-bond donors (Lipinski definition) is 0. The van der Waals surface area contributed by atoms with E-state index in [0.717, 1.165) is 25.9 Å². The van der Waals surface area contributed by atoms with E-state index in [1.807, 2.05) is 24.8 Å². The molecule has 0 aromatic heterocycles. The minimum Gasteiger partial charge on any atom is -0.342 e. The van der Waals surface area contributed by atoms with Crippen LogP contribution in [0.3, 0.4) is 0 Å². The number of rotatable bonds is 2. The van der Waals surface area contributed by atoms with Crippen molar-refractivity contribution in [2.45, 2.75) is 26.7 Å². The summed E-state index contributed by atoms with van der Waals surface area (Å²) in [5.74, 6) is 1.05. The summed E-state index contributed by atoms with van der Waals surface area (Å²) < 4.78 is 0. The largest absolute Gasteiger partial charge is 0.342 e. The lowest BCUT2D eigenvalue weighted by Crippen LogP contribution is -2.40. The molecular weight excluding hydrogens is 162 g/mol. The minimum absolute atomic E-state index is 0.139. The second-order valence-electron chi connectivity index (χ2n) is 4.05. The number of piperidine rings is 1. The number of nitrogens with zero attached hydrogens (tertiary/aromatic N) is 1. The number of hydrogen-bond acceptors (Lipinski definition) is 1. The van der Waals surface area contributed by atoms with Gasteiger partial charge in [0.25, 0.3) is 0 Å². The zero-order chi connectivity index (χ0) is 9.84. The van der Waals surface area contributed by atoms with Crippen LogP contribution >= 0.6 is 0 Å². The summed E-state index contributed by atoms with van der Waals surface area (Å²) >= 11 is 0. The molecule has 1 aliphatic rings. The fourth-order valence-electron chi connectivity index (χ4n) is 1.72. The van der Waals surface area contributed by atoms with Crippen molar-refractivity contribution in [2.24, 2.45) is 11.8 Å². The Bertz CT molecular complexity index is 190. The Labute approximate surface area is 80.6 Å². The first kappa shape index (κ1) is 10.3. The van der Waals surface area contributed by atoms with Crippen molar-refractivity contribution in [3.8, 4) is 0 Å². The predicted molar refractivity (Wildman–Crippen MR) is 54.3 cm³/mol. The maximum absolute atomic E-state index is 11.6. The SMILES string of the molecule is C=CC1CCN(C(=O)C(C)C)CC1. The van der Waals surface area contributed by atoms with Crippen LogP contribution in [0.5, 0.6) is 0 Å². The number of carbonyl (C=O) groups is 1. The van der Waals surface area contributed by atoms with Crippen molar-refractivity contribution in [1.82, 2.24) is 4.90 Å². The molecule has 1 rings (SSSR count). The summed E-state index contributed by atoms with van der Waals surface area (Å²) in [5.41, 5.74) is 0. The van der Waals surface area contributed by atoms with Crippen LogP contribution in [0.1, 0.15) is 26.7 Å². The van der Waals surface area contributed by atoms with Crippen molar-refractivity contribution < 1.29 is 4.79 Å². The van der Waals surface area contributed by atoms with Gasteiger partial charge in [-0.25, -0.2) is 0 Å². The molecule has 0 aromatic carbocycles. The Hall–Kier alpha value is -0.790. The fraction of sp³-hybridized carbons (Fsp3) is 0.727. The molecule has 2 heteroatoms. The fourth-order valence-corrected chi connectivity index (χ4v) is 1.72. The average molecular weight is 181 g/mol. The summed E-state index contributed by atoms with van der Waals surface area (Å²) in [4.78, 5) is 13.6. The molecule has 0 N–H and O–H groups in total. The van der Waals surface area contributed by atoms with Crippen LogP contribution in [-0.4, -0.2) is 23.9 Å². The van der Waals surface area contributed by atoms with Crippen molar-refractivity contribution >= 4 is 5.91 Å². The molecule has 1 heterocycles. The number of amides is 1. The molecule has 0 atom stereocenters. The lowest BCUT2D eigenvalue weighted by molar-refractivity contribution is -0.135. The highest BCUT2D eigenvalue weighted by Crippen LogP contribution is 2.18. The molecule has 0 unspecified atom stereocenters. The Morgan fingerprint density at radius 2 is 2.00 bits per heavy atom. The molecule has 0 radical (unpaired) electrons. The topological polar surface area (TPSA) is 20.3 Å². The molecule has 1 fully saturated rings. The lowest BCUT2D eigenvalue weighted by Gasteiger charge is -2.31. The van der Waals surface area contributed by atoms with Crippen molar-refractivity contribution in [3.05, 3.63) is 12.7 Å². The van der Waals surface area contributed by atoms with Crippen molar-refractivity contribution in [1.29, 1.82) is 0 Å². The van der Waals surface area contributed by atoms with Gasteiger partial charge in [0, 0.05) is 19.0 Å². The van der Waals surface area contributed by atoms with Crippen LogP contribution in [0.2, 0.25) is 0 Å². The van der Waals surface area contributed by atoms with E-state index in [-0.39, 0.29) is 5.92 Å². The van der Waals surface area contributed by atoms with Gasteiger partial charge in [0.05, 0.1) is 0 Å². The first-order chi connectivity index (χ1) is 6.15. The predicted octanol–water partition coefficient (Wildman–Crippen LogP) is 2.07. The van der Waals surface area contributed by atoms with E-state index < -0.39 is 0 Å². The first-order valence-electron chi connectivity index (χ1n) is 5.06. The molecule has 0 saturated carbocycles. The third kappa shape index (κ3) is 2.58. The Morgan fingerprint density at radius 1 is 1.46 bits per heavy atom. The second kappa shape index (κ2) is 4.45. The highest BCUT2D eigenvalue weighted by molar-refractivity contribution is 5.78. The molecule has 1 aliphatic heterocycles. The molecule has 1 saturated heterocycles. The van der Waals surface area contributed by atoms with Gasteiger partial charge in [-0.05, 0) is 18.8 Å². The maximum Gasteiger partial charge on any atom is 0.225 e. The molecule has 74 valence electrons. The van der Waals surface area contributed by atoms with E-state index in [4.69, 9.17) is 0 Å². The Morgan fingerprint density at radius 3 is 2.38 bits per heavy atom. The molecule has 13 heavy (non-hydrogen) atoms. The quantitative estimate of drug-likeness (QED) is 0.597. The third-order valence-corrected chi connectivity index (χ3v) is 2.68. The number of likely N-dealkylation sites (tertiary alicyclic amines) is 1. The van der Waals surface area contributed by atoms with Crippen molar-refractivity contribution in [3.63, 3.8) is 0 Å². The number of allylic oxidation sites excluding steroid dienone is 1. The zero-order valence-electron chi connectivity index (χ0n) is 8.62. The van der Waals surface area contributed by atoms with Crippen LogP contribution in [0.15, 0.2) is 12.7 Å². The summed E-state index contributed by atoms with van der Waals surface area (Å²) in [6.45, 7) is 9.53. The first-order valence-corrected chi connectivity index (χ1v) is 5.06. The monoisotopic (exact) mass is 181 g/mol. The van der Waals surface area contributed by atoms with E-state index in [9.17, 15) is 4.79 Å². The van der Waals surface area contributed by atoms with E-state index in [1.165, 1.54) is 0 Å². The molecule has 2 nitrogen and oxygen atoms in total. The van der Waals surface area contributed by atoms with Gasteiger partial charge in [0.2, 0.25) is 5.91 Å². The van der Waals surface area contributed by atoms with Crippen LogP contribution < -0.4 is 0 Å². The van der Waals surface area contributed by atoms with E-state index >= 15 is 0 Å². The molecule has 0 aromatic rings. The second-order valence-corrected chi connectivity index (χ2v) is 4.05. The summed E-state index contributed by atoms with van der Waals surface area (Å²) in [6.07, 6.45) is 4.18. The van der Waals surface area contributed by atoms with Crippen molar-refractivity contribution in [2.75, 3.05) is 13.1 Å². The van der Waals surface area contributed by atoms with Crippen LogP contribution in [0, 0.1) is 11.8 Å². The average Bonchev–Trinajstić information content (AvgIpc) is 2.17. The third-order valence-electron chi connectivity index (χ3n) is 2.68. The van der Waals surface area contributed by atoms with Crippen LogP contribution in [0.4, 0.5) is 0 Å². The van der Waals surface area contributed by atoms with E-state index in [0.29, 0.717) is 11.8 Å². The molecule has 1 amide bonds. The van der Waals surface area contributed by atoms with Crippen LogP contribution in [0.25, 0.3) is 0 Å². The molecule has 0 bridgehead atoms. The molecule has 0 spiro atoms. The summed E-state index contributed by atoms with van der Waals surface area (Å²) in [5, 5.41) is 0. The van der Waals surface area contributed by atoms with Gasteiger partial charge in [-0.2, -0.15) is 0 Å².